The zero-order valence-electron chi connectivity index (χ0n) is 13.6. The van der Waals surface area contributed by atoms with Gasteiger partial charge >= 0.3 is 0 Å². The van der Waals surface area contributed by atoms with Crippen molar-refractivity contribution >= 4 is 19.1 Å². The summed E-state index contributed by atoms with van der Waals surface area (Å²) in [7, 11) is -0.969. The van der Waals surface area contributed by atoms with E-state index >= 15 is 0 Å². The van der Waals surface area contributed by atoms with Gasteiger partial charge in [0.15, 0.2) is 9.84 Å². The number of hydrogen-bond donors (Lipinski definition) is 0. The molecule has 0 N–H and O–H groups in total. The molecular weight excluding hydrogens is 339 g/mol. The lowest BCUT2D eigenvalue weighted by Gasteiger charge is -2.09. The topological polar surface area (TPSA) is 52.0 Å². The van der Waals surface area contributed by atoms with Crippen molar-refractivity contribution in [2.24, 2.45) is 0 Å². The smallest absolute Gasteiger partial charge is 0.181 e. The van der Waals surface area contributed by atoms with Crippen molar-refractivity contribution in [3.8, 4) is 16.9 Å². The number of nitrogens with zero attached hydrogens (tertiary/aromatic N) is 2. The molecule has 0 bridgehead atoms. The van der Waals surface area contributed by atoms with Gasteiger partial charge in [-0.15, -0.1) is 9.24 Å². The number of aromatic nitrogens is 2. The summed E-state index contributed by atoms with van der Waals surface area (Å²) in [6.07, 6.45) is 0. The van der Waals surface area contributed by atoms with Gasteiger partial charge in [-0.3, -0.25) is 0 Å². The molecule has 24 heavy (non-hydrogen) atoms. The molecule has 1 aromatic heterocycles. The molecule has 124 valence electrons. The van der Waals surface area contributed by atoms with Crippen LogP contribution in [0.25, 0.3) is 16.9 Å². The third-order valence-corrected chi connectivity index (χ3v) is 6.58. The SMILES string of the molecule is Cc1ccc(-c2cc(C)nn2-c2ccc(S(=O)(=O)CP)cc2)cc1. The van der Waals surface area contributed by atoms with Crippen molar-refractivity contribution in [2.45, 2.75) is 18.7 Å². The second-order valence-electron chi connectivity index (χ2n) is 5.72. The van der Waals surface area contributed by atoms with Crippen LogP contribution in [0.4, 0.5) is 0 Å². The zero-order chi connectivity index (χ0) is 17.3. The van der Waals surface area contributed by atoms with Crippen LogP contribution >= 0.6 is 9.24 Å². The second kappa shape index (κ2) is 6.50. The van der Waals surface area contributed by atoms with Gasteiger partial charge in [0.05, 0.1) is 27.5 Å². The predicted molar refractivity (Wildman–Crippen MR) is 100 cm³/mol. The Morgan fingerprint density at radius 2 is 1.62 bits per heavy atom. The van der Waals surface area contributed by atoms with Crippen molar-refractivity contribution in [2.75, 3.05) is 5.49 Å². The molecule has 6 heteroatoms. The van der Waals surface area contributed by atoms with Crippen LogP contribution in [0.2, 0.25) is 0 Å². The van der Waals surface area contributed by atoms with E-state index < -0.39 is 9.84 Å². The third kappa shape index (κ3) is 3.28. The first-order valence-corrected chi connectivity index (χ1v) is 10.0. The van der Waals surface area contributed by atoms with E-state index in [0.717, 1.165) is 22.6 Å². The van der Waals surface area contributed by atoms with Crippen LogP contribution in [0.15, 0.2) is 59.5 Å². The summed E-state index contributed by atoms with van der Waals surface area (Å²) < 4.78 is 25.7. The van der Waals surface area contributed by atoms with E-state index in [-0.39, 0.29) is 5.49 Å². The van der Waals surface area contributed by atoms with Crippen molar-refractivity contribution in [3.63, 3.8) is 0 Å². The first kappa shape index (κ1) is 16.9. The highest BCUT2D eigenvalue weighted by Gasteiger charge is 2.13. The van der Waals surface area contributed by atoms with Crippen LogP contribution in [-0.4, -0.2) is 23.7 Å². The van der Waals surface area contributed by atoms with E-state index in [1.807, 2.05) is 17.7 Å². The van der Waals surface area contributed by atoms with Crippen LogP contribution in [0.1, 0.15) is 11.3 Å². The van der Waals surface area contributed by atoms with Crippen LogP contribution in [0.5, 0.6) is 0 Å². The van der Waals surface area contributed by atoms with E-state index in [9.17, 15) is 8.42 Å². The van der Waals surface area contributed by atoms with Crippen LogP contribution < -0.4 is 0 Å². The van der Waals surface area contributed by atoms with Gasteiger partial charge in [0.2, 0.25) is 0 Å². The van der Waals surface area contributed by atoms with Gasteiger partial charge in [-0.25, -0.2) is 13.1 Å². The van der Waals surface area contributed by atoms with Crippen molar-refractivity contribution in [1.82, 2.24) is 9.78 Å². The molecule has 4 nitrogen and oxygen atoms in total. The molecule has 0 saturated carbocycles. The highest BCUT2D eigenvalue weighted by molar-refractivity contribution is 7.94. The highest BCUT2D eigenvalue weighted by atomic mass is 32.2. The second-order valence-corrected chi connectivity index (χ2v) is 8.76. The van der Waals surface area contributed by atoms with Crippen molar-refractivity contribution in [3.05, 3.63) is 65.9 Å². The summed E-state index contributed by atoms with van der Waals surface area (Å²) in [6, 6.07) is 17.1. The maximum absolute atomic E-state index is 11.9. The van der Waals surface area contributed by atoms with Gasteiger partial charge in [0.25, 0.3) is 0 Å². The van der Waals surface area contributed by atoms with Crippen LogP contribution in [-0.2, 0) is 9.84 Å². The fourth-order valence-electron chi connectivity index (χ4n) is 2.52. The molecule has 0 amide bonds. The van der Waals surface area contributed by atoms with E-state index in [0.29, 0.717) is 4.90 Å². The fraction of sp³-hybridized carbons (Fsp3) is 0.167. The summed E-state index contributed by atoms with van der Waals surface area (Å²) in [5, 5.41) is 4.55. The van der Waals surface area contributed by atoms with Gasteiger partial charge < -0.3 is 0 Å². The molecule has 3 aromatic rings. The maximum Gasteiger partial charge on any atom is 0.181 e. The quantitative estimate of drug-likeness (QED) is 0.667. The molecule has 1 atom stereocenters. The molecule has 0 spiro atoms. The van der Waals surface area contributed by atoms with Crippen LogP contribution in [0, 0.1) is 13.8 Å². The number of sulfone groups is 1. The molecule has 0 fully saturated rings. The molecule has 1 heterocycles. The molecule has 0 aliphatic rings. The van der Waals surface area contributed by atoms with E-state index in [2.05, 4.69) is 45.5 Å². The lowest BCUT2D eigenvalue weighted by atomic mass is 10.1. The lowest BCUT2D eigenvalue weighted by molar-refractivity contribution is 0.600. The Hall–Kier alpha value is -1.97. The first-order valence-electron chi connectivity index (χ1n) is 7.58. The van der Waals surface area contributed by atoms with Crippen molar-refractivity contribution in [1.29, 1.82) is 0 Å². The number of benzene rings is 2. The number of aryl methyl sites for hydroxylation is 2. The molecule has 0 radical (unpaired) electrons. The fourth-order valence-corrected chi connectivity index (χ4v) is 3.84. The lowest BCUT2D eigenvalue weighted by Crippen LogP contribution is -2.03. The molecule has 3 rings (SSSR count). The first-order chi connectivity index (χ1) is 11.4. The molecule has 0 aliphatic carbocycles. The maximum atomic E-state index is 11.9. The van der Waals surface area contributed by atoms with Crippen molar-refractivity contribution < 1.29 is 8.42 Å². The Labute approximate surface area is 144 Å². The van der Waals surface area contributed by atoms with Gasteiger partial charge in [0.1, 0.15) is 0 Å². The monoisotopic (exact) mass is 358 g/mol. The molecular formula is C18H19N2O2PS. The highest BCUT2D eigenvalue weighted by Crippen LogP contribution is 2.25. The Kier molecular flexibility index (Phi) is 4.57. The summed E-state index contributed by atoms with van der Waals surface area (Å²) >= 11 is 0. The predicted octanol–water partition coefficient (Wildman–Crippen LogP) is 3.76. The van der Waals surface area contributed by atoms with Gasteiger partial charge in [-0.2, -0.15) is 5.10 Å². The summed E-state index contributed by atoms with van der Waals surface area (Å²) in [5.41, 5.74) is 5.01. The standard InChI is InChI=1S/C18H19N2O2PS/c1-13-3-5-15(6-4-13)18-11-14(2)19-20(18)16-7-9-17(10-8-16)24(21,22)12-23/h3-11H,12,23H2,1-2H3. The average molecular weight is 358 g/mol. The van der Waals surface area contributed by atoms with E-state index in [1.165, 1.54) is 5.56 Å². The minimum Gasteiger partial charge on any atom is -0.233 e. The Morgan fingerprint density at radius 3 is 2.21 bits per heavy atom. The van der Waals surface area contributed by atoms with Gasteiger partial charge in [-0.05, 0) is 44.2 Å². The molecule has 0 saturated heterocycles. The van der Waals surface area contributed by atoms with Gasteiger partial charge in [-0.1, -0.05) is 29.8 Å². The normalized spacial score (nSPS) is 11.6. The summed E-state index contributed by atoms with van der Waals surface area (Å²) in [5.74, 6) is 0. The molecule has 1 unspecified atom stereocenters. The number of hydrogen-bond acceptors (Lipinski definition) is 3. The van der Waals surface area contributed by atoms with E-state index in [1.54, 1.807) is 24.3 Å². The van der Waals surface area contributed by atoms with E-state index in [4.69, 9.17) is 0 Å². The summed E-state index contributed by atoms with van der Waals surface area (Å²) in [4.78, 5) is 0.321. The third-order valence-electron chi connectivity index (χ3n) is 3.84. The minimum atomic E-state index is -3.23. The molecule has 2 aromatic carbocycles. The average Bonchev–Trinajstić information content (AvgIpc) is 2.97. The van der Waals surface area contributed by atoms with Crippen LogP contribution in [0.3, 0.4) is 0 Å². The molecule has 0 aliphatic heterocycles. The van der Waals surface area contributed by atoms with Gasteiger partial charge in [0, 0.05) is 5.56 Å². The Bertz CT molecular complexity index is 959. The Morgan fingerprint density at radius 1 is 1.00 bits per heavy atom. The largest absolute Gasteiger partial charge is 0.233 e. The minimum absolute atomic E-state index is 0.0157. The number of rotatable bonds is 4. The Balaban J connectivity index is 2.06. The zero-order valence-corrected chi connectivity index (χ0v) is 15.6. The summed E-state index contributed by atoms with van der Waals surface area (Å²) in [6.45, 7) is 4.00.